The van der Waals surface area contributed by atoms with Gasteiger partial charge in [0.05, 0.1) is 18.1 Å². The van der Waals surface area contributed by atoms with Crippen molar-refractivity contribution in [2.75, 3.05) is 23.3 Å². The van der Waals surface area contributed by atoms with E-state index in [1.54, 1.807) is 19.2 Å². The Labute approximate surface area is 231 Å². The fourth-order valence-corrected chi connectivity index (χ4v) is 5.70. The molecule has 1 saturated heterocycles. The maximum Gasteiger partial charge on any atom is 0.240 e. The number of piperidine rings is 1. The van der Waals surface area contributed by atoms with Gasteiger partial charge in [-0.05, 0) is 61.1 Å². The van der Waals surface area contributed by atoms with Crippen LogP contribution in [-0.4, -0.2) is 56.3 Å². The van der Waals surface area contributed by atoms with Crippen molar-refractivity contribution in [2.45, 2.75) is 63.6 Å². The van der Waals surface area contributed by atoms with Gasteiger partial charge in [-0.15, -0.1) is 0 Å². The van der Waals surface area contributed by atoms with Crippen LogP contribution >= 0.6 is 0 Å². The maximum absolute atomic E-state index is 13.8. The summed E-state index contributed by atoms with van der Waals surface area (Å²) in [6.07, 6.45) is 12.0. The standard InChI is InChI=1S/C29H32F2N8O/c1-18-35-29(38-40-18)28-33-15-22(16-34-28)39-12-4-5-21(17-39)36-25-6-2-3-7-26(25)37-27-14-20(10-11-32-27)19-8-9-23(30)24(31)13-19/h8-11,13-16,21,25-26,36H,2-7,12,17H2,1H3,(H,32,37)/t21-,25+,26+/m0/s1. The summed E-state index contributed by atoms with van der Waals surface area (Å²) in [7, 11) is 0. The summed E-state index contributed by atoms with van der Waals surface area (Å²) in [4.78, 5) is 20.0. The summed E-state index contributed by atoms with van der Waals surface area (Å²) in [6.45, 7) is 3.56. The molecular formula is C29H32F2N8O. The highest BCUT2D eigenvalue weighted by molar-refractivity contribution is 5.66. The van der Waals surface area contributed by atoms with Gasteiger partial charge in [0.25, 0.3) is 0 Å². The van der Waals surface area contributed by atoms with Crippen molar-refractivity contribution in [2.24, 2.45) is 0 Å². The fraction of sp³-hybridized carbons (Fsp3) is 0.414. The average Bonchev–Trinajstić information content (AvgIpc) is 3.42. The highest BCUT2D eigenvalue weighted by Crippen LogP contribution is 2.27. The van der Waals surface area contributed by atoms with Gasteiger partial charge >= 0.3 is 0 Å². The van der Waals surface area contributed by atoms with Crippen LogP contribution in [0.25, 0.3) is 22.8 Å². The molecule has 2 fully saturated rings. The van der Waals surface area contributed by atoms with Crippen molar-refractivity contribution in [3.05, 3.63) is 66.4 Å². The quantitative estimate of drug-likeness (QED) is 0.325. The van der Waals surface area contributed by atoms with Crippen LogP contribution in [0.15, 0.2) is 53.4 Å². The molecule has 6 rings (SSSR count). The zero-order valence-electron chi connectivity index (χ0n) is 22.4. The van der Waals surface area contributed by atoms with E-state index in [4.69, 9.17) is 4.52 Å². The molecular weight excluding hydrogens is 514 g/mol. The van der Waals surface area contributed by atoms with Crippen LogP contribution < -0.4 is 15.5 Å². The number of nitrogens with one attached hydrogen (secondary N) is 2. The van der Waals surface area contributed by atoms with E-state index in [9.17, 15) is 8.78 Å². The lowest BCUT2D eigenvalue weighted by molar-refractivity contribution is 0.293. The van der Waals surface area contributed by atoms with E-state index >= 15 is 0 Å². The van der Waals surface area contributed by atoms with Crippen molar-refractivity contribution in [3.63, 3.8) is 0 Å². The van der Waals surface area contributed by atoms with Crippen LogP contribution in [0.1, 0.15) is 44.4 Å². The van der Waals surface area contributed by atoms with Gasteiger partial charge in [-0.25, -0.2) is 23.7 Å². The molecule has 1 aromatic carbocycles. The van der Waals surface area contributed by atoms with Crippen LogP contribution in [0.5, 0.6) is 0 Å². The molecule has 2 aliphatic rings. The van der Waals surface area contributed by atoms with Crippen LogP contribution in [-0.2, 0) is 0 Å². The molecule has 40 heavy (non-hydrogen) atoms. The Hall–Kier alpha value is -3.99. The molecule has 1 aliphatic heterocycles. The Kier molecular flexibility index (Phi) is 7.63. The largest absolute Gasteiger partial charge is 0.367 e. The van der Waals surface area contributed by atoms with Gasteiger partial charge < -0.3 is 20.1 Å². The SMILES string of the molecule is Cc1nc(-c2ncc(N3CCC[C@H](N[C@@H]4CCCC[C@H]4Nc4cc(-c5ccc(F)c(F)c5)ccn4)C3)cn2)no1. The highest BCUT2D eigenvalue weighted by Gasteiger charge is 2.30. The number of anilines is 2. The molecule has 1 aliphatic carbocycles. The van der Waals surface area contributed by atoms with Crippen molar-refractivity contribution in [1.29, 1.82) is 0 Å². The second-order valence-corrected chi connectivity index (χ2v) is 10.6. The summed E-state index contributed by atoms with van der Waals surface area (Å²) in [5.74, 6) is 0.354. The Morgan fingerprint density at radius 3 is 2.45 bits per heavy atom. The van der Waals surface area contributed by atoms with Crippen molar-refractivity contribution in [1.82, 2.24) is 30.4 Å². The van der Waals surface area contributed by atoms with E-state index in [1.807, 2.05) is 24.5 Å². The third kappa shape index (κ3) is 5.94. The van der Waals surface area contributed by atoms with Gasteiger partial charge in [0.15, 0.2) is 11.6 Å². The van der Waals surface area contributed by atoms with Crippen molar-refractivity contribution in [3.8, 4) is 22.8 Å². The minimum Gasteiger partial charge on any atom is -0.367 e. The average molecular weight is 547 g/mol. The Morgan fingerprint density at radius 2 is 1.68 bits per heavy atom. The molecule has 0 bridgehead atoms. The molecule has 208 valence electrons. The lowest BCUT2D eigenvalue weighted by Crippen LogP contribution is -2.55. The number of hydrogen-bond acceptors (Lipinski definition) is 9. The molecule has 0 unspecified atom stereocenters. The number of benzene rings is 1. The van der Waals surface area contributed by atoms with Crippen molar-refractivity contribution < 1.29 is 13.3 Å². The molecule has 4 heterocycles. The van der Waals surface area contributed by atoms with E-state index in [0.717, 1.165) is 68.3 Å². The van der Waals surface area contributed by atoms with Gasteiger partial charge in [-0.2, -0.15) is 4.98 Å². The first-order chi connectivity index (χ1) is 19.5. The first-order valence-electron chi connectivity index (χ1n) is 13.8. The summed E-state index contributed by atoms with van der Waals surface area (Å²) in [5, 5.41) is 11.5. The molecule has 2 N–H and O–H groups in total. The van der Waals surface area contributed by atoms with Crippen LogP contribution in [0.3, 0.4) is 0 Å². The van der Waals surface area contributed by atoms with Gasteiger partial charge in [-0.1, -0.05) is 24.1 Å². The number of nitrogens with zero attached hydrogens (tertiary/aromatic N) is 6. The third-order valence-electron chi connectivity index (χ3n) is 7.71. The number of hydrogen-bond donors (Lipinski definition) is 2. The van der Waals surface area contributed by atoms with Crippen LogP contribution in [0.4, 0.5) is 20.3 Å². The molecule has 1 saturated carbocycles. The van der Waals surface area contributed by atoms with E-state index in [0.29, 0.717) is 35.2 Å². The number of aryl methyl sites for hydroxylation is 1. The molecule has 3 aromatic heterocycles. The smallest absolute Gasteiger partial charge is 0.240 e. The molecule has 3 atom stereocenters. The minimum atomic E-state index is -0.855. The Bertz CT molecular complexity index is 1450. The zero-order valence-corrected chi connectivity index (χ0v) is 22.4. The predicted octanol–water partition coefficient (Wildman–Crippen LogP) is 5.16. The van der Waals surface area contributed by atoms with Crippen LogP contribution in [0, 0.1) is 18.6 Å². The molecule has 9 nitrogen and oxygen atoms in total. The third-order valence-corrected chi connectivity index (χ3v) is 7.71. The number of halogens is 2. The van der Waals surface area contributed by atoms with Gasteiger partial charge in [0.2, 0.25) is 17.5 Å². The summed E-state index contributed by atoms with van der Waals surface area (Å²) in [6, 6.07) is 8.53. The summed E-state index contributed by atoms with van der Waals surface area (Å²) >= 11 is 0. The second kappa shape index (κ2) is 11.6. The lowest BCUT2D eigenvalue weighted by Gasteiger charge is -2.40. The molecule has 0 radical (unpaired) electrons. The van der Waals surface area contributed by atoms with Crippen molar-refractivity contribution >= 4 is 11.5 Å². The topological polar surface area (TPSA) is 105 Å². The fourth-order valence-electron chi connectivity index (χ4n) is 5.70. The van der Waals surface area contributed by atoms with E-state index in [1.165, 1.54) is 12.5 Å². The lowest BCUT2D eigenvalue weighted by atomic mass is 9.89. The number of rotatable bonds is 7. The van der Waals surface area contributed by atoms with Gasteiger partial charge in [0.1, 0.15) is 5.82 Å². The van der Waals surface area contributed by atoms with E-state index in [-0.39, 0.29) is 6.04 Å². The van der Waals surface area contributed by atoms with Gasteiger partial charge in [0, 0.05) is 44.3 Å². The highest BCUT2D eigenvalue weighted by atomic mass is 19.2. The normalized spacial score (nSPS) is 21.4. The van der Waals surface area contributed by atoms with Crippen LogP contribution in [0.2, 0.25) is 0 Å². The molecule has 0 spiro atoms. The monoisotopic (exact) mass is 546 g/mol. The Balaban J connectivity index is 1.10. The molecule has 4 aromatic rings. The van der Waals surface area contributed by atoms with Gasteiger partial charge in [-0.3, -0.25) is 0 Å². The molecule has 11 heteroatoms. The second-order valence-electron chi connectivity index (χ2n) is 10.6. The number of pyridine rings is 1. The summed E-state index contributed by atoms with van der Waals surface area (Å²) in [5.41, 5.74) is 2.39. The maximum atomic E-state index is 13.8. The Morgan fingerprint density at radius 1 is 0.875 bits per heavy atom. The van der Waals surface area contributed by atoms with E-state index in [2.05, 4.69) is 40.6 Å². The molecule has 0 amide bonds. The zero-order chi connectivity index (χ0) is 27.5. The number of aromatic nitrogens is 5. The first kappa shape index (κ1) is 26.2. The minimum absolute atomic E-state index is 0.220. The van der Waals surface area contributed by atoms with E-state index < -0.39 is 11.6 Å². The predicted molar refractivity (Wildman–Crippen MR) is 148 cm³/mol. The first-order valence-corrected chi connectivity index (χ1v) is 13.8. The summed E-state index contributed by atoms with van der Waals surface area (Å²) < 4.78 is 32.3.